The van der Waals surface area contributed by atoms with Gasteiger partial charge in [0.25, 0.3) is 0 Å². The van der Waals surface area contributed by atoms with Crippen LogP contribution in [0.25, 0.3) is 0 Å². The molecule has 0 spiro atoms. The number of fused-ring (bicyclic) bond motifs is 2. The molecule has 0 aromatic heterocycles. The predicted molar refractivity (Wildman–Crippen MR) is 104 cm³/mol. The largest absolute Gasteiger partial charge is 1.00 e. The van der Waals surface area contributed by atoms with E-state index in [1.807, 2.05) is 56.7 Å². The van der Waals surface area contributed by atoms with Crippen LogP contribution in [-0.2, 0) is 19.5 Å². The first kappa shape index (κ1) is 26.9. The van der Waals surface area contributed by atoms with E-state index < -0.39 is 7.81 Å². The summed E-state index contributed by atoms with van der Waals surface area (Å²) in [4.78, 5) is 11.0. The Balaban J connectivity index is 0.000000307. The topological polar surface area (TPSA) is 35.5 Å². The van der Waals surface area contributed by atoms with Gasteiger partial charge in [0.05, 0.1) is 5.56 Å². The van der Waals surface area contributed by atoms with Crippen molar-refractivity contribution < 1.29 is 58.9 Å². The molecule has 3 nitrogen and oxygen atoms in total. The van der Waals surface area contributed by atoms with Gasteiger partial charge in [-0.05, 0) is 43.2 Å². The molecule has 0 N–H and O–H groups in total. The molecule has 0 saturated carbocycles. The van der Waals surface area contributed by atoms with Crippen LogP contribution in [0.4, 0.5) is 25.2 Å². The molecule has 2 aromatic rings. The van der Waals surface area contributed by atoms with Gasteiger partial charge in [0.2, 0.25) is 0 Å². The molecule has 1 heterocycles. The molecule has 4 rings (SSSR count). The van der Waals surface area contributed by atoms with Crippen molar-refractivity contribution in [2.45, 2.75) is 13.8 Å². The fourth-order valence-electron chi connectivity index (χ4n) is 2.33. The van der Waals surface area contributed by atoms with Crippen molar-refractivity contribution in [1.82, 2.24) is 0 Å². The number of allylic oxidation sites excluding steroid dienone is 4. The third kappa shape index (κ3) is 9.66. The third-order valence-corrected chi connectivity index (χ3v) is 3.76. The zero-order chi connectivity index (χ0) is 22.6. The fraction of sp³-hybridized carbons (Fsp3) is 0.100. The van der Waals surface area contributed by atoms with Crippen molar-refractivity contribution in [2.24, 2.45) is 0 Å². The van der Waals surface area contributed by atoms with Gasteiger partial charge in [0.1, 0.15) is 0 Å². The van der Waals surface area contributed by atoms with Crippen LogP contribution in [0.15, 0.2) is 54.6 Å². The summed E-state index contributed by atoms with van der Waals surface area (Å²) in [5.74, 6) is 2.45. The molecule has 0 unspecified atom stereocenters. The first-order valence-electron chi connectivity index (χ1n) is 8.43. The van der Waals surface area contributed by atoms with E-state index in [-0.39, 0.29) is 19.5 Å². The van der Waals surface area contributed by atoms with Gasteiger partial charge < -0.3 is 9.47 Å². The van der Waals surface area contributed by atoms with Crippen LogP contribution >= 0.6 is 7.81 Å². The van der Waals surface area contributed by atoms with Crippen LogP contribution in [0.2, 0.25) is 0 Å². The Kier molecular flexibility index (Phi) is 7.91. The van der Waals surface area contributed by atoms with Crippen LogP contribution in [0, 0.1) is 20.3 Å². The van der Waals surface area contributed by atoms with Crippen molar-refractivity contribution >= 4 is 14.1 Å². The Morgan fingerprint density at radius 1 is 0.774 bits per heavy atom. The number of aryl methyl sites for hydroxylation is 1. The van der Waals surface area contributed by atoms with Gasteiger partial charge in [-0.1, -0.05) is 36.4 Å². The van der Waals surface area contributed by atoms with E-state index in [1.54, 1.807) is 18.2 Å². The molecule has 0 atom stereocenters. The summed E-state index contributed by atoms with van der Waals surface area (Å²) in [5, 5.41) is 0. The SMILES string of the molecule is Cc1ccc2c(c1C)Oc1c(C=O)cccc1O2.F[P-](F)(F)(F)(F)F.[CH]1C=CC=C1.[Ru+]. The van der Waals surface area contributed by atoms with Crippen molar-refractivity contribution in [3.05, 3.63) is 77.7 Å². The minimum absolute atomic E-state index is 0. The minimum atomic E-state index is -10.7. The van der Waals surface area contributed by atoms with Gasteiger partial charge in [-0.15, -0.1) is 0 Å². The molecule has 0 amide bonds. The number of carbonyl (C=O) groups is 1. The van der Waals surface area contributed by atoms with E-state index in [9.17, 15) is 30.0 Å². The number of aldehydes is 1. The molecule has 0 saturated heterocycles. The first-order chi connectivity index (χ1) is 13.7. The van der Waals surface area contributed by atoms with E-state index >= 15 is 0 Å². The number of ether oxygens (including phenoxy) is 2. The molecule has 11 heteroatoms. The van der Waals surface area contributed by atoms with E-state index in [0.29, 0.717) is 28.6 Å². The van der Waals surface area contributed by atoms with Crippen molar-refractivity contribution in [1.29, 1.82) is 0 Å². The zero-order valence-electron chi connectivity index (χ0n) is 16.1. The quantitative estimate of drug-likeness (QED) is 0.131. The normalized spacial score (nSPS) is 15.0. The maximum absolute atomic E-state index is 11.0. The number of benzene rings is 2. The molecule has 0 bridgehead atoms. The maximum atomic E-state index is 11.0. The molecule has 2 aliphatic rings. The molecule has 2 radical (unpaired) electrons. The van der Waals surface area contributed by atoms with E-state index in [4.69, 9.17) is 9.47 Å². The van der Waals surface area contributed by atoms with Crippen LogP contribution < -0.4 is 9.47 Å². The Morgan fingerprint density at radius 3 is 1.81 bits per heavy atom. The second-order valence-corrected chi connectivity index (χ2v) is 8.17. The van der Waals surface area contributed by atoms with Crippen LogP contribution in [0.5, 0.6) is 23.0 Å². The Morgan fingerprint density at radius 2 is 1.32 bits per heavy atom. The monoisotopic (exact) mass is 552 g/mol. The summed E-state index contributed by atoms with van der Waals surface area (Å²) in [5.41, 5.74) is 2.65. The van der Waals surface area contributed by atoms with Crippen molar-refractivity contribution in [2.75, 3.05) is 0 Å². The van der Waals surface area contributed by atoms with E-state index in [0.717, 1.165) is 17.4 Å². The van der Waals surface area contributed by atoms with Gasteiger partial charge in [0.15, 0.2) is 29.3 Å². The number of carbonyl (C=O) groups excluding carboxylic acids is 1. The molecule has 2 aromatic carbocycles. The summed E-state index contributed by atoms with van der Waals surface area (Å²) in [6, 6.07) is 9.16. The molecule has 31 heavy (non-hydrogen) atoms. The van der Waals surface area contributed by atoms with Crippen LogP contribution in [0.1, 0.15) is 21.5 Å². The number of hydrogen-bond donors (Lipinski definition) is 0. The van der Waals surface area contributed by atoms with Gasteiger partial charge >= 0.3 is 52.5 Å². The second kappa shape index (κ2) is 9.13. The molecule has 170 valence electrons. The summed E-state index contributed by atoms with van der Waals surface area (Å²) in [6.45, 7) is 3.99. The van der Waals surface area contributed by atoms with E-state index in [2.05, 4.69) is 0 Å². The third-order valence-electron chi connectivity index (χ3n) is 3.76. The summed E-state index contributed by atoms with van der Waals surface area (Å²) >= 11 is 0. The Labute approximate surface area is 187 Å². The number of halogens is 6. The second-order valence-electron chi connectivity index (χ2n) is 6.25. The fourth-order valence-corrected chi connectivity index (χ4v) is 2.33. The van der Waals surface area contributed by atoms with Gasteiger partial charge in [-0.2, -0.15) is 0 Å². The smallest absolute Gasteiger partial charge is 0.0767 e. The van der Waals surface area contributed by atoms with Crippen molar-refractivity contribution in [3.8, 4) is 23.0 Å². The standard InChI is InChI=1S/C15H12O3.C5H5.F6P.Ru/c1-9-6-7-13-14(10(9)2)18-15-11(8-16)4-3-5-12(15)17-13;1-2-4-5-3-1;1-7(2,3,4,5)6;/h3-8H,1-2H3;1-5H;;/q;;-1;+1. The number of para-hydroxylation sites is 1. The maximum Gasteiger partial charge on any atom is 1.00 e. The molecule has 1 aliphatic heterocycles. The number of rotatable bonds is 1. The van der Waals surface area contributed by atoms with Crippen molar-refractivity contribution in [3.63, 3.8) is 0 Å². The molecular weight excluding hydrogens is 534 g/mol. The zero-order valence-corrected chi connectivity index (χ0v) is 18.8. The average Bonchev–Trinajstić information content (AvgIpc) is 3.20. The summed E-state index contributed by atoms with van der Waals surface area (Å²) in [6.07, 6.45) is 10.8. The molecular formula is C20H17F6O3PRu. The Hall–Kier alpha value is -2.18. The molecule has 0 fully saturated rings. The summed E-state index contributed by atoms with van der Waals surface area (Å²) in [7, 11) is -10.7. The van der Waals surface area contributed by atoms with Gasteiger partial charge in [0, 0.05) is 6.42 Å². The average molecular weight is 551 g/mol. The van der Waals surface area contributed by atoms with E-state index in [1.165, 1.54) is 0 Å². The predicted octanol–water partition coefficient (Wildman–Crippen LogP) is 8.71. The number of hydrogen-bond acceptors (Lipinski definition) is 3. The minimum Gasteiger partial charge on any atom is -0.0767 e. The van der Waals surface area contributed by atoms with Gasteiger partial charge in [-0.3, -0.25) is 4.79 Å². The van der Waals surface area contributed by atoms with Crippen LogP contribution in [-0.4, -0.2) is 6.29 Å². The van der Waals surface area contributed by atoms with Gasteiger partial charge in [-0.25, -0.2) is 0 Å². The first-order valence-corrected chi connectivity index (χ1v) is 10.5. The Bertz CT molecular complexity index is 997. The van der Waals surface area contributed by atoms with Crippen LogP contribution in [0.3, 0.4) is 0 Å². The summed E-state index contributed by atoms with van der Waals surface area (Å²) < 4.78 is 70.8. The molecule has 1 aliphatic carbocycles.